The van der Waals surface area contributed by atoms with Gasteiger partial charge in [-0.3, -0.25) is 0 Å². The van der Waals surface area contributed by atoms with Crippen molar-refractivity contribution >= 4 is 11.9 Å². The standard InChI is InChI=1S/C16H26N2O3.C2H2O4/c1-3-4-14-13-15(19-2)5-6-16(14)21-12-11-20-10-9-18-8-7-17;3-1(4)2(5)6/h3,5-6,13,18H,1,4,7-12,17H2,2H3;(H,3,4)(H,5,6). The number of aliphatic carboxylic acids is 2. The molecule has 0 aromatic heterocycles. The van der Waals surface area contributed by atoms with Crippen molar-refractivity contribution in [2.24, 2.45) is 5.73 Å². The molecule has 0 atom stereocenters. The Bertz CT molecular complexity index is 567. The summed E-state index contributed by atoms with van der Waals surface area (Å²) in [6.45, 7) is 7.77. The van der Waals surface area contributed by atoms with Crippen LogP contribution in [0.25, 0.3) is 0 Å². The fourth-order valence-electron chi connectivity index (χ4n) is 1.82. The molecule has 0 aliphatic rings. The molecule has 0 heterocycles. The molecule has 1 aromatic rings. The third kappa shape index (κ3) is 12.4. The van der Waals surface area contributed by atoms with E-state index in [2.05, 4.69) is 11.9 Å². The first-order valence-electron chi connectivity index (χ1n) is 8.31. The fraction of sp³-hybridized carbons (Fsp3) is 0.444. The molecule has 0 fully saturated rings. The van der Waals surface area contributed by atoms with Crippen LogP contribution in [0, 0.1) is 0 Å². The Hall–Kier alpha value is -2.62. The van der Waals surface area contributed by atoms with Crippen molar-refractivity contribution in [1.82, 2.24) is 5.32 Å². The maximum Gasteiger partial charge on any atom is 0.414 e. The van der Waals surface area contributed by atoms with Gasteiger partial charge in [-0.15, -0.1) is 6.58 Å². The second-order valence-electron chi connectivity index (χ2n) is 5.08. The van der Waals surface area contributed by atoms with Crippen molar-refractivity contribution in [2.75, 3.05) is 46.6 Å². The SMILES string of the molecule is C=CCc1cc(OC)ccc1OCCOCCNCCN.O=C(O)C(=O)O. The molecular formula is C18H28N2O7. The molecule has 0 bridgehead atoms. The quantitative estimate of drug-likeness (QED) is 0.231. The van der Waals surface area contributed by atoms with Gasteiger partial charge in [-0.25, -0.2) is 9.59 Å². The minimum atomic E-state index is -1.82. The number of rotatable bonds is 12. The van der Waals surface area contributed by atoms with Gasteiger partial charge in [0.2, 0.25) is 0 Å². The van der Waals surface area contributed by atoms with Crippen LogP contribution in [-0.2, 0) is 20.7 Å². The lowest BCUT2D eigenvalue weighted by Gasteiger charge is -2.12. The smallest absolute Gasteiger partial charge is 0.414 e. The molecule has 0 radical (unpaired) electrons. The zero-order valence-electron chi connectivity index (χ0n) is 15.5. The van der Waals surface area contributed by atoms with E-state index in [1.807, 2.05) is 24.3 Å². The van der Waals surface area contributed by atoms with Crippen molar-refractivity contribution in [3.05, 3.63) is 36.4 Å². The van der Waals surface area contributed by atoms with Gasteiger partial charge in [-0.05, 0) is 24.6 Å². The van der Waals surface area contributed by atoms with Crippen LogP contribution in [-0.4, -0.2) is 68.7 Å². The van der Waals surface area contributed by atoms with Crippen molar-refractivity contribution in [3.8, 4) is 11.5 Å². The van der Waals surface area contributed by atoms with Gasteiger partial charge in [0, 0.05) is 25.2 Å². The fourth-order valence-corrected chi connectivity index (χ4v) is 1.82. The summed E-state index contributed by atoms with van der Waals surface area (Å²) in [7, 11) is 1.65. The minimum absolute atomic E-state index is 0.521. The van der Waals surface area contributed by atoms with E-state index >= 15 is 0 Å². The van der Waals surface area contributed by atoms with Gasteiger partial charge < -0.3 is 35.5 Å². The van der Waals surface area contributed by atoms with Crippen LogP contribution in [0.4, 0.5) is 0 Å². The monoisotopic (exact) mass is 384 g/mol. The van der Waals surface area contributed by atoms with Crippen LogP contribution in [0.15, 0.2) is 30.9 Å². The van der Waals surface area contributed by atoms with Gasteiger partial charge >= 0.3 is 11.9 Å². The molecule has 0 spiro atoms. The Morgan fingerprint density at radius 2 is 1.89 bits per heavy atom. The number of nitrogens with one attached hydrogen (secondary N) is 1. The second kappa shape index (κ2) is 15.6. The first-order valence-corrected chi connectivity index (χ1v) is 8.31. The lowest BCUT2D eigenvalue weighted by atomic mass is 10.1. The molecule has 0 saturated heterocycles. The lowest BCUT2D eigenvalue weighted by Crippen LogP contribution is -2.26. The topological polar surface area (TPSA) is 140 Å². The Morgan fingerprint density at radius 1 is 1.19 bits per heavy atom. The van der Waals surface area contributed by atoms with E-state index in [4.69, 9.17) is 39.7 Å². The molecule has 0 saturated carbocycles. The van der Waals surface area contributed by atoms with Crippen molar-refractivity contribution in [2.45, 2.75) is 6.42 Å². The van der Waals surface area contributed by atoms with E-state index in [9.17, 15) is 0 Å². The van der Waals surface area contributed by atoms with Gasteiger partial charge in [0.25, 0.3) is 0 Å². The van der Waals surface area contributed by atoms with E-state index in [0.29, 0.717) is 26.4 Å². The number of carbonyl (C=O) groups is 2. The summed E-state index contributed by atoms with van der Waals surface area (Å²) in [6, 6.07) is 5.77. The van der Waals surface area contributed by atoms with E-state index < -0.39 is 11.9 Å². The third-order valence-electron chi connectivity index (χ3n) is 3.04. The van der Waals surface area contributed by atoms with E-state index in [-0.39, 0.29) is 0 Å². The highest BCUT2D eigenvalue weighted by Gasteiger charge is 2.05. The first-order chi connectivity index (χ1) is 13.0. The van der Waals surface area contributed by atoms with Crippen LogP contribution in [0.1, 0.15) is 5.56 Å². The number of nitrogens with two attached hydrogens (primary N) is 1. The Labute approximate surface area is 158 Å². The molecule has 0 aliphatic carbocycles. The Kier molecular flexibility index (Phi) is 14.1. The van der Waals surface area contributed by atoms with Crippen LogP contribution >= 0.6 is 0 Å². The van der Waals surface area contributed by atoms with Crippen molar-refractivity contribution in [3.63, 3.8) is 0 Å². The largest absolute Gasteiger partial charge is 0.497 e. The van der Waals surface area contributed by atoms with Gasteiger partial charge in [-0.1, -0.05) is 6.08 Å². The number of benzene rings is 1. The minimum Gasteiger partial charge on any atom is -0.497 e. The summed E-state index contributed by atoms with van der Waals surface area (Å²) in [6.07, 6.45) is 2.59. The van der Waals surface area contributed by atoms with Gasteiger partial charge in [0.1, 0.15) is 18.1 Å². The van der Waals surface area contributed by atoms with Gasteiger partial charge in [0.15, 0.2) is 0 Å². The molecule has 9 nitrogen and oxygen atoms in total. The van der Waals surface area contributed by atoms with Crippen molar-refractivity contribution < 1.29 is 34.0 Å². The Morgan fingerprint density at radius 3 is 2.44 bits per heavy atom. The maximum absolute atomic E-state index is 9.10. The highest BCUT2D eigenvalue weighted by atomic mass is 16.5. The molecule has 9 heteroatoms. The summed E-state index contributed by atoms with van der Waals surface area (Å²) in [5.41, 5.74) is 6.44. The molecule has 0 amide bonds. The number of carboxylic acid groups (broad SMARTS) is 2. The van der Waals surface area contributed by atoms with Crippen LogP contribution in [0.2, 0.25) is 0 Å². The predicted molar refractivity (Wildman–Crippen MR) is 100 cm³/mol. The lowest BCUT2D eigenvalue weighted by molar-refractivity contribution is -0.159. The summed E-state index contributed by atoms with van der Waals surface area (Å²) >= 11 is 0. The van der Waals surface area contributed by atoms with E-state index in [1.54, 1.807) is 7.11 Å². The summed E-state index contributed by atoms with van der Waals surface area (Å²) in [5, 5.41) is 17.9. The van der Waals surface area contributed by atoms with Crippen LogP contribution in [0.3, 0.4) is 0 Å². The first kappa shape index (κ1) is 24.4. The second-order valence-corrected chi connectivity index (χ2v) is 5.08. The molecule has 1 rings (SSSR count). The number of hydrogen-bond donors (Lipinski definition) is 4. The molecule has 1 aromatic carbocycles. The zero-order valence-corrected chi connectivity index (χ0v) is 15.5. The molecule has 0 unspecified atom stereocenters. The zero-order chi connectivity index (χ0) is 20.5. The van der Waals surface area contributed by atoms with Crippen LogP contribution in [0.5, 0.6) is 11.5 Å². The van der Waals surface area contributed by atoms with E-state index in [0.717, 1.165) is 36.6 Å². The highest BCUT2D eigenvalue weighted by Crippen LogP contribution is 2.24. The van der Waals surface area contributed by atoms with Gasteiger partial charge in [0.05, 0.1) is 20.3 Å². The van der Waals surface area contributed by atoms with Gasteiger partial charge in [-0.2, -0.15) is 0 Å². The molecule has 27 heavy (non-hydrogen) atoms. The predicted octanol–water partition coefficient (Wildman–Crippen LogP) is 0.523. The maximum atomic E-state index is 9.10. The molecule has 0 aliphatic heterocycles. The number of methoxy groups -OCH3 is 1. The Balaban J connectivity index is 0.000000972. The number of ether oxygens (including phenoxy) is 3. The average molecular weight is 384 g/mol. The average Bonchev–Trinajstić information content (AvgIpc) is 2.65. The van der Waals surface area contributed by atoms with Crippen LogP contribution < -0.4 is 20.5 Å². The third-order valence-corrected chi connectivity index (χ3v) is 3.04. The highest BCUT2D eigenvalue weighted by molar-refractivity contribution is 6.27. The normalized spacial score (nSPS) is 9.70. The van der Waals surface area contributed by atoms with E-state index in [1.165, 1.54) is 0 Å². The number of allylic oxidation sites excluding steroid dienone is 1. The molecule has 5 N–H and O–H groups in total. The number of carboxylic acids is 2. The number of hydrogen-bond acceptors (Lipinski definition) is 7. The summed E-state index contributed by atoms with van der Waals surface area (Å²) in [4.78, 5) is 18.2. The molecule has 152 valence electrons. The molecular weight excluding hydrogens is 356 g/mol. The summed E-state index contributed by atoms with van der Waals surface area (Å²) in [5.74, 6) is -1.98. The van der Waals surface area contributed by atoms with Crippen molar-refractivity contribution in [1.29, 1.82) is 0 Å². The summed E-state index contributed by atoms with van der Waals surface area (Å²) < 4.78 is 16.4.